The smallest absolute Gasteiger partial charge is 0.246 e. The summed E-state index contributed by atoms with van der Waals surface area (Å²) in [4.78, 5) is 36.5. The molecule has 2 fully saturated rings. The fourth-order valence-electron chi connectivity index (χ4n) is 6.71. The van der Waals surface area contributed by atoms with Crippen LogP contribution in [0.1, 0.15) is 18.7 Å². The Morgan fingerprint density at radius 1 is 1.17 bits per heavy atom. The summed E-state index contributed by atoms with van der Waals surface area (Å²) in [6, 6.07) is 10.7. The Labute approximate surface area is 277 Å². The number of piperazine rings is 1. The number of likely N-dealkylation sites (tertiary alicyclic amines) is 1. The minimum absolute atomic E-state index is 0.0344. The lowest BCUT2D eigenvalue weighted by Gasteiger charge is -2.39. The summed E-state index contributed by atoms with van der Waals surface area (Å²) in [6.45, 7) is 9.45. The van der Waals surface area contributed by atoms with Gasteiger partial charge in [0.25, 0.3) is 0 Å². The lowest BCUT2D eigenvalue weighted by Crippen LogP contribution is -2.56. The highest BCUT2D eigenvalue weighted by Crippen LogP contribution is 2.37. The molecule has 2 aromatic carbocycles. The molecule has 3 atom stereocenters. The number of fused-ring (bicyclic) bond motifs is 2. The Morgan fingerprint density at radius 3 is 2.72 bits per heavy atom. The quantitative estimate of drug-likeness (QED) is 0.167. The van der Waals surface area contributed by atoms with Gasteiger partial charge in [0.05, 0.1) is 12.0 Å². The number of halogens is 3. The first-order valence-corrected chi connectivity index (χ1v) is 16.1. The summed E-state index contributed by atoms with van der Waals surface area (Å²) >= 11 is 6.60. The first kappa shape index (κ1) is 32.7. The highest BCUT2D eigenvalue weighted by Gasteiger charge is 2.34. The molecule has 47 heavy (non-hydrogen) atoms. The third-order valence-corrected chi connectivity index (χ3v) is 9.36. The van der Waals surface area contributed by atoms with Crippen LogP contribution >= 0.6 is 11.6 Å². The number of benzene rings is 2. The zero-order valence-electron chi connectivity index (χ0n) is 26.4. The molecule has 12 heteroatoms. The van der Waals surface area contributed by atoms with Crippen molar-refractivity contribution >= 4 is 45.0 Å². The number of rotatable bonds is 9. The maximum atomic E-state index is 16.7. The fourth-order valence-corrected chi connectivity index (χ4v) is 6.99. The summed E-state index contributed by atoms with van der Waals surface area (Å²) in [5.74, 6) is 0.162. The van der Waals surface area contributed by atoms with E-state index in [1.807, 2.05) is 41.1 Å². The zero-order valence-corrected chi connectivity index (χ0v) is 27.1. The number of aromatic nitrogens is 3. The second-order valence-electron chi connectivity index (χ2n) is 12.1. The molecule has 2 aliphatic heterocycles. The molecule has 2 saturated heterocycles. The van der Waals surface area contributed by atoms with Gasteiger partial charge in [0.1, 0.15) is 35.1 Å². The molecule has 4 aromatic rings. The number of ether oxygens (including phenoxy) is 1. The minimum Gasteiger partial charge on any atom is -0.381 e. The normalized spacial score (nSPS) is 20.5. The van der Waals surface area contributed by atoms with Crippen LogP contribution in [0.4, 0.5) is 14.6 Å². The minimum atomic E-state index is -0.876. The Hall–Kier alpha value is -4.24. The molecule has 6 rings (SSSR count). The molecule has 0 unspecified atom stereocenters. The molecular weight excluding hydrogens is 624 g/mol. The molecule has 0 spiro atoms. The molecular formula is C35H36ClF2N7O2. The van der Waals surface area contributed by atoms with Gasteiger partial charge in [-0.1, -0.05) is 48.0 Å². The number of alkyl halides is 1. The van der Waals surface area contributed by atoms with Crippen molar-refractivity contribution in [1.29, 1.82) is 0 Å². The largest absolute Gasteiger partial charge is 0.381 e. The van der Waals surface area contributed by atoms with E-state index in [0.717, 1.165) is 5.39 Å². The van der Waals surface area contributed by atoms with Crippen molar-refractivity contribution in [1.82, 2.24) is 24.8 Å². The average Bonchev–Trinajstić information content (AvgIpc) is 3.40. The number of anilines is 1. The molecule has 0 radical (unpaired) electrons. The number of carbonyl (C=O) groups excluding carboxylic acids is 1. The monoisotopic (exact) mass is 659 g/mol. The lowest BCUT2D eigenvalue weighted by molar-refractivity contribution is -0.128. The molecule has 2 aliphatic rings. The maximum Gasteiger partial charge on any atom is 0.246 e. The van der Waals surface area contributed by atoms with Crippen LogP contribution in [0.25, 0.3) is 37.8 Å². The molecule has 9 nitrogen and oxygen atoms in total. The lowest BCUT2D eigenvalue weighted by atomic mass is 10.0. The standard InChI is InChI=1S/C35H36ClF2N7O2/c1-39-18-25-21-44(14-15-45(25)30(46)11-6-16-47-3)35-27-19-40-33(26-9-4-7-22-8-5-10-28(36)31(22)26)32(38)34(27)41-29(42-35)13-12-24-17-23(37)20-43(24)2/h4-11,19,23-25H,12-18,20-21H2,2-3H3/b11-6+/t23-,24-,25+/m1/s1. The van der Waals surface area contributed by atoms with Gasteiger partial charge in [-0.2, -0.15) is 0 Å². The van der Waals surface area contributed by atoms with Gasteiger partial charge in [-0.25, -0.2) is 25.3 Å². The summed E-state index contributed by atoms with van der Waals surface area (Å²) in [7, 11) is 3.46. The van der Waals surface area contributed by atoms with E-state index in [4.69, 9.17) is 32.9 Å². The van der Waals surface area contributed by atoms with E-state index in [0.29, 0.717) is 85.0 Å². The van der Waals surface area contributed by atoms with Gasteiger partial charge >= 0.3 is 0 Å². The summed E-state index contributed by atoms with van der Waals surface area (Å²) in [6.07, 6.45) is 5.32. The summed E-state index contributed by atoms with van der Waals surface area (Å²) < 4.78 is 35.9. The Morgan fingerprint density at radius 2 is 1.98 bits per heavy atom. The zero-order chi connectivity index (χ0) is 33.1. The molecule has 0 bridgehead atoms. The van der Waals surface area contributed by atoms with Crippen LogP contribution in [0.2, 0.25) is 5.02 Å². The van der Waals surface area contributed by atoms with Crippen molar-refractivity contribution in [2.45, 2.75) is 37.5 Å². The van der Waals surface area contributed by atoms with Gasteiger partial charge in [0.15, 0.2) is 5.82 Å². The number of hydrogen-bond donors (Lipinski definition) is 0. The SMILES string of the molecule is [C-]#[N+]C[C@H]1CN(c2nc(CC[C@@H]3C[C@@H](F)CN3C)nc3c(F)c(-c4cccc5cccc(Cl)c45)ncc23)CCN1C(=O)/C=C/COC. The van der Waals surface area contributed by atoms with E-state index in [9.17, 15) is 9.18 Å². The molecule has 0 saturated carbocycles. The van der Waals surface area contributed by atoms with E-state index >= 15 is 4.39 Å². The van der Waals surface area contributed by atoms with Crippen molar-refractivity contribution in [3.8, 4) is 11.3 Å². The van der Waals surface area contributed by atoms with Gasteiger partial charge in [-0.15, -0.1) is 0 Å². The number of nitrogens with zero attached hydrogens (tertiary/aromatic N) is 7. The Bertz CT molecular complexity index is 1860. The molecule has 2 aromatic heterocycles. The van der Waals surface area contributed by atoms with Crippen molar-refractivity contribution in [3.63, 3.8) is 0 Å². The molecule has 0 aliphatic carbocycles. The summed E-state index contributed by atoms with van der Waals surface area (Å²) in [5, 5.41) is 2.49. The van der Waals surface area contributed by atoms with Gasteiger partial charge in [-0.3, -0.25) is 9.78 Å². The predicted molar refractivity (Wildman–Crippen MR) is 180 cm³/mol. The van der Waals surface area contributed by atoms with E-state index in [-0.39, 0.29) is 29.7 Å². The van der Waals surface area contributed by atoms with E-state index in [1.54, 1.807) is 36.4 Å². The Balaban J connectivity index is 1.41. The van der Waals surface area contributed by atoms with Crippen molar-refractivity contribution in [2.24, 2.45) is 0 Å². The molecule has 1 amide bonds. The average molecular weight is 660 g/mol. The van der Waals surface area contributed by atoms with Gasteiger partial charge < -0.3 is 24.3 Å². The molecule has 244 valence electrons. The van der Waals surface area contributed by atoms with E-state index in [2.05, 4.69) is 9.83 Å². The van der Waals surface area contributed by atoms with E-state index < -0.39 is 18.0 Å². The predicted octanol–water partition coefficient (Wildman–Crippen LogP) is 5.75. The second-order valence-corrected chi connectivity index (χ2v) is 12.5. The number of methoxy groups -OCH3 is 1. The number of carbonyl (C=O) groups is 1. The third-order valence-electron chi connectivity index (χ3n) is 9.05. The molecule has 0 N–H and O–H groups in total. The number of aryl methyl sites for hydroxylation is 1. The van der Waals surface area contributed by atoms with Crippen LogP contribution in [-0.4, -0.2) is 102 Å². The van der Waals surface area contributed by atoms with Gasteiger partial charge in [-0.05, 0) is 31.3 Å². The molecule has 4 heterocycles. The fraction of sp³-hybridized carbons (Fsp3) is 0.400. The Kier molecular flexibility index (Phi) is 9.92. The van der Waals surface area contributed by atoms with Crippen molar-refractivity contribution in [2.75, 3.05) is 58.4 Å². The summed E-state index contributed by atoms with van der Waals surface area (Å²) in [5.41, 5.74) is 0.818. The highest BCUT2D eigenvalue weighted by atomic mass is 35.5. The van der Waals surface area contributed by atoms with E-state index in [1.165, 1.54) is 6.08 Å². The highest BCUT2D eigenvalue weighted by molar-refractivity contribution is 6.36. The topological polar surface area (TPSA) is 79.1 Å². The van der Waals surface area contributed by atoms with Crippen LogP contribution in [0.5, 0.6) is 0 Å². The van der Waals surface area contributed by atoms with Crippen LogP contribution in [0.3, 0.4) is 0 Å². The van der Waals surface area contributed by atoms with Crippen molar-refractivity contribution < 1.29 is 18.3 Å². The number of pyridine rings is 1. The van der Waals surface area contributed by atoms with Crippen molar-refractivity contribution in [3.05, 3.63) is 82.8 Å². The van der Waals surface area contributed by atoms with Crippen LogP contribution in [-0.2, 0) is 16.0 Å². The third kappa shape index (κ3) is 6.77. The van der Waals surface area contributed by atoms with Gasteiger partial charge in [0.2, 0.25) is 12.5 Å². The number of amides is 1. The van der Waals surface area contributed by atoms with Crippen LogP contribution in [0, 0.1) is 12.4 Å². The van der Waals surface area contributed by atoms with Crippen LogP contribution < -0.4 is 4.90 Å². The number of hydrogen-bond acceptors (Lipinski definition) is 7. The first-order chi connectivity index (χ1) is 22.8. The first-order valence-electron chi connectivity index (χ1n) is 15.7. The van der Waals surface area contributed by atoms with Gasteiger partial charge in [0, 0.05) is 74.0 Å². The maximum absolute atomic E-state index is 16.7. The van der Waals surface area contributed by atoms with Crippen LogP contribution in [0.15, 0.2) is 54.7 Å². The second kappa shape index (κ2) is 14.3.